The monoisotopic (exact) mass is 284 g/mol. The van der Waals surface area contributed by atoms with Crippen LogP contribution in [-0.2, 0) is 0 Å². The second kappa shape index (κ2) is 8.07. The molecule has 0 amide bonds. The van der Waals surface area contributed by atoms with Crippen LogP contribution in [0.1, 0.15) is 27.7 Å². The molecule has 0 aliphatic rings. The molecule has 0 radical (unpaired) electrons. The first kappa shape index (κ1) is 18.7. The van der Waals surface area contributed by atoms with E-state index in [0.29, 0.717) is 19.0 Å². The number of halogens is 3. The van der Waals surface area contributed by atoms with Crippen molar-refractivity contribution < 1.29 is 18.3 Å². The third kappa shape index (κ3) is 11.2. The van der Waals surface area contributed by atoms with E-state index in [0.717, 1.165) is 6.54 Å². The van der Waals surface area contributed by atoms with Gasteiger partial charge in [-0.15, -0.1) is 0 Å². The van der Waals surface area contributed by atoms with E-state index in [-0.39, 0.29) is 18.6 Å². The first-order valence-electron chi connectivity index (χ1n) is 6.66. The van der Waals surface area contributed by atoms with Crippen LogP contribution in [0.3, 0.4) is 0 Å². The largest absolute Gasteiger partial charge is 0.401 e. The van der Waals surface area contributed by atoms with Crippen molar-refractivity contribution in [3.63, 3.8) is 0 Å². The number of nitrogens with zero attached hydrogens (tertiary/aromatic N) is 1. The molecule has 0 saturated carbocycles. The van der Waals surface area contributed by atoms with Crippen molar-refractivity contribution in [2.24, 2.45) is 11.3 Å². The average molecular weight is 284 g/mol. The molecule has 0 heterocycles. The third-order valence-corrected chi connectivity index (χ3v) is 2.63. The maximum Gasteiger partial charge on any atom is 0.401 e. The Morgan fingerprint density at radius 3 is 2.16 bits per heavy atom. The molecule has 0 aliphatic heterocycles. The van der Waals surface area contributed by atoms with Crippen molar-refractivity contribution in [1.29, 1.82) is 0 Å². The number of hydrogen-bond acceptors (Lipinski definition) is 3. The number of hydrogen-bond donors (Lipinski definition) is 2. The van der Waals surface area contributed by atoms with Crippen LogP contribution in [-0.4, -0.2) is 55.5 Å². The Morgan fingerprint density at radius 1 is 1.16 bits per heavy atom. The molecule has 0 rings (SSSR count). The minimum Gasteiger partial charge on any atom is -0.395 e. The first-order valence-corrected chi connectivity index (χ1v) is 6.66. The number of alkyl halides is 3. The quantitative estimate of drug-likeness (QED) is 0.681. The Bertz CT molecular complexity index is 243. The zero-order chi connectivity index (χ0) is 15.1. The van der Waals surface area contributed by atoms with E-state index < -0.39 is 12.7 Å². The van der Waals surface area contributed by atoms with Gasteiger partial charge in [-0.1, -0.05) is 27.7 Å². The van der Waals surface area contributed by atoms with Gasteiger partial charge in [0.1, 0.15) is 0 Å². The van der Waals surface area contributed by atoms with Crippen molar-refractivity contribution >= 4 is 0 Å². The van der Waals surface area contributed by atoms with Gasteiger partial charge >= 0.3 is 6.18 Å². The number of aliphatic hydroxyl groups is 1. The SMILES string of the molecule is CC(C)CNCC(C)(C)CN(CCO)CC(F)(F)F. The van der Waals surface area contributed by atoms with Gasteiger partial charge < -0.3 is 10.4 Å². The fourth-order valence-corrected chi connectivity index (χ4v) is 1.97. The predicted octanol–water partition coefficient (Wildman–Crippen LogP) is 2.11. The maximum absolute atomic E-state index is 12.4. The summed E-state index contributed by atoms with van der Waals surface area (Å²) in [6.45, 7) is 8.66. The van der Waals surface area contributed by atoms with E-state index in [2.05, 4.69) is 19.2 Å². The highest BCUT2D eigenvalue weighted by Crippen LogP contribution is 2.21. The highest BCUT2D eigenvalue weighted by atomic mass is 19.4. The van der Waals surface area contributed by atoms with Crippen molar-refractivity contribution in [3.8, 4) is 0 Å². The molecule has 0 bridgehead atoms. The lowest BCUT2D eigenvalue weighted by Gasteiger charge is -2.33. The van der Waals surface area contributed by atoms with Gasteiger partial charge in [0, 0.05) is 19.6 Å². The van der Waals surface area contributed by atoms with Gasteiger partial charge in [0.25, 0.3) is 0 Å². The standard InChI is InChI=1S/C13H27F3N2O/c1-11(2)7-17-8-12(3,4)9-18(5-6-19)10-13(14,15)16/h11,17,19H,5-10H2,1-4H3. The molecule has 2 N–H and O–H groups in total. The molecule has 0 aliphatic carbocycles. The molecule has 0 aromatic rings. The van der Waals surface area contributed by atoms with Crippen molar-refractivity contribution in [1.82, 2.24) is 10.2 Å². The minimum absolute atomic E-state index is 0.0487. The first-order chi connectivity index (χ1) is 8.56. The fraction of sp³-hybridized carbons (Fsp3) is 1.00. The van der Waals surface area contributed by atoms with Gasteiger partial charge in [0.15, 0.2) is 0 Å². The summed E-state index contributed by atoms with van der Waals surface area (Å²) in [4.78, 5) is 1.26. The van der Waals surface area contributed by atoms with Crippen LogP contribution in [0.4, 0.5) is 13.2 Å². The Morgan fingerprint density at radius 2 is 1.74 bits per heavy atom. The molecule has 0 saturated heterocycles. The smallest absolute Gasteiger partial charge is 0.395 e. The zero-order valence-electron chi connectivity index (χ0n) is 12.3. The van der Waals surface area contributed by atoms with Gasteiger partial charge in [-0.2, -0.15) is 13.2 Å². The zero-order valence-corrected chi connectivity index (χ0v) is 12.3. The molecule has 0 aromatic carbocycles. The highest BCUT2D eigenvalue weighted by molar-refractivity contribution is 4.78. The van der Waals surface area contributed by atoms with Gasteiger partial charge in [0.05, 0.1) is 13.2 Å². The van der Waals surface area contributed by atoms with Crippen LogP contribution < -0.4 is 5.32 Å². The fourth-order valence-electron chi connectivity index (χ4n) is 1.97. The molecule has 0 atom stereocenters. The highest BCUT2D eigenvalue weighted by Gasteiger charge is 2.32. The summed E-state index contributed by atoms with van der Waals surface area (Å²) in [6.07, 6.45) is -4.23. The molecule has 0 aromatic heterocycles. The van der Waals surface area contributed by atoms with Crippen molar-refractivity contribution in [2.75, 3.05) is 39.3 Å². The number of aliphatic hydroxyl groups excluding tert-OH is 1. The van der Waals surface area contributed by atoms with Crippen molar-refractivity contribution in [2.45, 2.75) is 33.9 Å². The van der Waals surface area contributed by atoms with Crippen LogP contribution in [0, 0.1) is 11.3 Å². The topological polar surface area (TPSA) is 35.5 Å². The van der Waals surface area contributed by atoms with Gasteiger partial charge in [-0.25, -0.2) is 0 Å². The summed E-state index contributed by atoms with van der Waals surface area (Å²) < 4.78 is 37.3. The summed E-state index contributed by atoms with van der Waals surface area (Å²) in [7, 11) is 0. The second-order valence-corrected chi connectivity index (χ2v) is 6.24. The summed E-state index contributed by atoms with van der Waals surface area (Å²) in [5.74, 6) is 0.513. The summed E-state index contributed by atoms with van der Waals surface area (Å²) >= 11 is 0. The minimum atomic E-state index is -4.23. The Kier molecular flexibility index (Phi) is 7.93. The van der Waals surface area contributed by atoms with Gasteiger partial charge in [-0.3, -0.25) is 4.90 Å². The predicted molar refractivity (Wildman–Crippen MR) is 71.1 cm³/mol. The lowest BCUT2D eigenvalue weighted by Crippen LogP contribution is -2.45. The van der Waals surface area contributed by atoms with Crippen LogP contribution in [0.2, 0.25) is 0 Å². The van der Waals surface area contributed by atoms with Crippen LogP contribution in [0.25, 0.3) is 0 Å². The van der Waals surface area contributed by atoms with E-state index in [1.807, 2.05) is 13.8 Å². The average Bonchev–Trinajstić information content (AvgIpc) is 2.12. The third-order valence-electron chi connectivity index (χ3n) is 2.63. The Labute approximate surface area is 114 Å². The normalized spacial score (nSPS) is 13.6. The summed E-state index contributed by atoms with van der Waals surface area (Å²) in [5, 5.41) is 12.1. The summed E-state index contributed by atoms with van der Waals surface area (Å²) in [6, 6.07) is 0. The Hall–Kier alpha value is -0.330. The molecule has 116 valence electrons. The van der Waals surface area contributed by atoms with E-state index >= 15 is 0 Å². The lowest BCUT2D eigenvalue weighted by atomic mass is 9.92. The van der Waals surface area contributed by atoms with Gasteiger partial charge in [-0.05, 0) is 17.9 Å². The summed E-state index contributed by atoms with van der Waals surface area (Å²) in [5.41, 5.74) is -0.269. The number of nitrogens with one attached hydrogen (secondary N) is 1. The molecule has 0 unspecified atom stereocenters. The molecule has 3 nitrogen and oxygen atoms in total. The molecule has 19 heavy (non-hydrogen) atoms. The molecule has 0 fully saturated rings. The van der Waals surface area contributed by atoms with Crippen LogP contribution in [0.15, 0.2) is 0 Å². The molecule has 6 heteroatoms. The lowest BCUT2D eigenvalue weighted by molar-refractivity contribution is -0.149. The van der Waals surface area contributed by atoms with Crippen LogP contribution >= 0.6 is 0 Å². The van der Waals surface area contributed by atoms with E-state index in [4.69, 9.17) is 5.11 Å². The molecular formula is C13H27F3N2O. The maximum atomic E-state index is 12.4. The molecular weight excluding hydrogens is 257 g/mol. The van der Waals surface area contributed by atoms with Crippen molar-refractivity contribution in [3.05, 3.63) is 0 Å². The second-order valence-electron chi connectivity index (χ2n) is 6.24. The van der Waals surface area contributed by atoms with Crippen LogP contribution in [0.5, 0.6) is 0 Å². The van der Waals surface area contributed by atoms with E-state index in [1.54, 1.807) is 0 Å². The Balaban J connectivity index is 4.30. The molecule has 0 spiro atoms. The van der Waals surface area contributed by atoms with E-state index in [1.165, 1.54) is 4.90 Å². The van der Waals surface area contributed by atoms with Gasteiger partial charge in [0.2, 0.25) is 0 Å². The van der Waals surface area contributed by atoms with E-state index in [9.17, 15) is 13.2 Å². The number of rotatable bonds is 9.